The number of nitrogens with one attached hydrogen (secondary N) is 2. The maximum atomic E-state index is 13.5. The Morgan fingerprint density at radius 1 is 1.17 bits per heavy atom. The summed E-state index contributed by atoms with van der Waals surface area (Å²) < 4.78 is 18.4. The van der Waals surface area contributed by atoms with Gasteiger partial charge in [-0.25, -0.2) is 9.18 Å². The first-order chi connectivity index (χ1) is 14.2. The van der Waals surface area contributed by atoms with E-state index in [-0.39, 0.29) is 5.69 Å². The fourth-order valence-electron chi connectivity index (χ4n) is 3.00. The number of anilines is 1. The second-order valence-corrected chi connectivity index (χ2v) is 6.99. The first kappa shape index (κ1) is 21.0. The van der Waals surface area contributed by atoms with Gasteiger partial charge in [-0.3, -0.25) is 19.3 Å². The molecule has 1 fully saturated rings. The van der Waals surface area contributed by atoms with Gasteiger partial charge < -0.3 is 15.4 Å². The van der Waals surface area contributed by atoms with Gasteiger partial charge in [-0.15, -0.1) is 0 Å². The van der Waals surface area contributed by atoms with Gasteiger partial charge in [0.05, 0.1) is 0 Å². The van der Waals surface area contributed by atoms with Crippen molar-refractivity contribution in [3.63, 3.8) is 0 Å². The Morgan fingerprint density at radius 2 is 1.87 bits per heavy atom. The van der Waals surface area contributed by atoms with E-state index in [0.29, 0.717) is 11.1 Å². The summed E-state index contributed by atoms with van der Waals surface area (Å²) in [6, 6.07) is 12.0. The molecule has 1 aliphatic heterocycles. The van der Waals surface area contributed by atoms with E-state index in [0.717, 1.165) is 11.0 Å². The number of rotatable bonds is 6. The van der Waals surface area contributed by atoms with Crippen LogP contribution >= 0.6 is 0 Å². The predicted octanol–water partition coefficient (Wildman–Crippen LogP) is 2.08. The predicted molar refractivity (Wildman–Crippen MR) is 105 cm³/mol. The Kier molecular flexibility index (Phi) is 5.81. The number of carbonyl (C=O) groups is 4. The quantitative estimate of drug-likeness (QED) is 0.557. The summed E-state index contributed by atoms with van der Waals surface area (Å²) in [5.74, 6) is -2.70. The molecule has 156 valence electrons. The van der Waals surface area contributed by atoms with E-state index in [1.807, 2.05) is 0 Å². The second kappa shape index (κ2) is 8.32. The van der Waals surface area contributed by atoms with E-state index in [4.69, 9.17) is 4.74 Å². The summed E-state index contributed by atoms with van der Waals surface area (Å²) in [5, 5.41) is 4.97. The minimum atomic E-state index is -1.30. The van der Waals surface area contributed by atoms with Crippen LogP contribution in [0.4, 0.5) is 14.9 Å². The molecule has 3 rings (SSSR count). The molecular formula is C21H20FN3O5. The molecule has 0 saturated carbocycles. The summed E-state index contributed by atoms with van der Waals surface area (Å²) in [7, 11) is 0. The SMILES string of the molecule is Cc1ccc(NC(=O)COC(=O)CN2C(=O)N[C@@](C)(c3ccccc3)C2=O)cc1F. The lowest BCUT2D eigenvalue weighted by atomic mass is 9.92. The van der Waals surface area contributed by atoms with Crippen molar-refractivity contribution in [1.82, 2.24) is 10.2 Å². The third kappa shape index (κ3) is 4.29. The van der Waals surface area contributed by atoms with E-state index >= 15 is 0 Å². The summed E-state index contributed by atoms with van der Waals surface area (Å²) in [4.78, 5) is 49.6. The number of esters is 1. The normalized spacial score (nSPS) is 18.2. The van der Waals surface area contributed by atoms with Crippen molar-refractivity contribution in [2.75, 3.05) is 18.5 Å². The average Bonchev–Trinajstić information content (AvgIpc) is 2.94. The molecule has 1 atom stereocenters. The van der Waals surface area contributed by atoms with Gasteiger partial charge in [-0.2, -0.15) is 0 Å². The van der Waals surface area contributed by atoms with Gasteiger partial charge >= 0.3 is 12.0 Å². The summed E-state index contributed by atoms with van der Waals surface area (Å²) >= 11 is 0. The summed E-state index contributed by atoms with van der Waals surface area (Å²) in [6.45, 7) is 1.84. The molecular weight excluding hydrogens is 393 g/mol. The number of benzene rings is 2. The smallest absolute Gasteiger partial charge is 0.326 e. The van der Waals surface area contributed by atoms with Crippen LogP contribution in [0, 0.1) is 12.7 Å². The standard InChI is InChI=1S/C21H20FN3O5/c1-13-8-9-15(10-16(13)22)23-17(26)12-30-18(27)11-25-19(28)21(2,24-20(25)29)14-6-4-3-5-7-14/h3-10H,11-12H2,1-2H3,(H,23,26)(H,24,29)/t21-/m0/s1. The number of hydrogen-bond donors (Lipinski definition) is 2. The van der Waals surface area contributed by atoms with Crippen LogP contribution in [0.25, 0.3) is 0 Å². The zero-order valence-electron chi connectivity index (χ0n) is 16.4. The largest absolute Gasteiger partial charge is 0.454 e. The lowest BCUT2D eigenvalue weighted by Crippen LogP contribution is -2.41. The van der Waals surface area contributed by atoms with Crippen LogP contribution in [-0.4, -0.2) is 41.9 Å². The number of ether oxygens (including phenoxy) is 1. The minimum Gasteiger partial charge on any atom is -0.454 e. The number of halogens is 1. The maximum Gasteiger partial charge on any atom is 0.326 e. The monoisotopic (exact) mass is 413 g/mol. The number of amides is 4. The van der Waals surface area contributed by atoms with Crippen molar-refractivity contribution in [3.05, 3.63) is 65.5 Å². The van der Waals surface area contributed by atoms with Gasteiger partial charge in [-0.1, -0.05) is 36.4 Å². The highest BCUT2D eigenvalue weighted by Crippen LogP contribution is 2.28. The molecule has 2 aromatic rings. The Balaban J connectivity index is 1.55. The fourth-order valence-corrected chi connectivity index (χ4v) is 3.00. The minimum absolute atomic E-state index is 0.215. The van der Waals surface area contributed by atoms with Gasteiger partial charge in [0, 0.05) is 5.69 Å². The molecule has 8 nitrogen and oxygen atoms in total. The highest BCUT2D eigenvalue weighted by atomic mass is 19.1. The Hall–Kier alpha value is -3.75. The van der Waals surface area contributed by atoms with Crippen LogP contribution in [0.3, 0.4) is 0 Å². The van der Waals surface area contributed by atoms with E-state index in [2.05, 4.69) is 10.6 Å². The molecule has 0 unspecified atom stereocenters. The molecule has 0 bridgehead atoms. The Morgan fingerprint density at radius 3 is 2.53 bits per heavy atom. The van der Waals surface area contributed by atoms with Gasteiger partial charge in [0.1, 0.15) is 17.9 Å². The molecule has 1 saturated heterocycles. The van der Waals surface area contributed by atoms with Gasteiger partial charge in [0.2, 0.25) is 0 Å². The zero-order chi connectivity index (χ0) is 21.9. The molecule has 2 N–H and O–H groups in total. The molecule has 4 amide bonds. The number of carbonyl (C=O) groups excluding carboxylic acids is 4. The number of urea groups is 1. The molecule has 0 radical (unpaired) electrons. The lowest BCUT2D eigenvalue weighted by molar-refractivity contribution is -0.150. The van der Waals surface area contributed by atoms with Crippen molar-refractivity contribution >= 4 is 29.5 Å². The fraction of sp³-hybridized carbons (Fsp3) is 0.238. The van der Waals surface area contributed by atoms with Gasteiger partial charge in [0.15, 0.2) is 6.61 Å². The van der Waals surface area contributed by atoms with Crippen LogP contribution < -0.4 is 10.6 Å². The van der Waals surface area contributed by atoms with Crippen molar-refractivity contribution in [1.29, 1.82) is 0 Å². The van der Waals surface area contributed by atoms with Crippen LogP contribution in [0.2, 0.25) is 0 Å². The van der Waals surface area contributed by atoms with E-state index in [9.17, 15) is 23.6 Å². The van der Waals surface area contributed by atoms with Crippen LogP contribution in [0.1, 0.15) is 18.1 Å². The molecule has 0 spiro atoms. The zero-order valence-corrected chi connectivity index (χ0v) is 16.4. The maximum absolute atomic E-state index is 13.5. The van der Waals surface area contributed by atoms with Crippen LogP contribution in [-0.2, 0) is 24.7 Å². The molecule has 30 heavy (non-hydrogen) atoms. The summed E-state index contributed by atoms with van der Waals surface area (Å²) in [5.41, 5.74) is -0.0859. The molecule has 1 aliphatic rings. The number of aryl methyl sites for hydroxylation is 1. The molecule has 1 heterocycles. The van der Waals surface area contributed by atoms with Crippen molar-refractivity contribution in [2.45, 2.75) is 19.4 Å². The highest BCUT2D eigenvalue weighted by Gasteiger charge is 2.49. The highest BCUT2D eigenvalue weighted by molar-refractivity contribution is 6.09. The van der Waals surface area contributed by atoms with Crippen molar-refractivity contribution in [2.24, 2.45) is 0 Å². The van der Waals surface area contributed by atoms with Gasteiger partial charge in [-0.05, 0) is 37.1 Å². The van der Waals surface area contributed by atoms with Crippen molar-refractivity contribution in [3.8, 4) is 0 Å². The average molecular weight is 413 g/mol. The van der Waals surface area contributed by atoms with E-state index in [1.165, 1.54) is 12.1 Å². The van der Waals surface area contributed by atoms with Crippen LogP contribution in [0.5, 0.6) is 0 Å². The topological polar surface area (TPSA) is 105 Å². The first-order valence-electron chi connectivity index (χ1n) is 9.12. The lowest BCUT2D eigenvalue weighted by Gasteiger charge is -2.21. The van der Waals surface area contributed by atoms with E-state index in [1.54, 1.807) is 44.2 Å². The van der Waals surface area contributed by atoms with Crippen molar-refractivity contribution < 1.29 is 28.3 Å². The molecule has 9 heteroatoms. The van der Waals surface area contributed by atoms with E-state index < -0.39 is 48.3 Å². The Labute approximate surface area is 172 Å². The summed E-state index contributed by atoms with van der Waals surface area (Å²) in [6.07, 6.45) is 0. The Bertz CT molecular complexity index is 1010. The molecule has 0 aromatic heterocycles. The molecule has 2 aromatic carbocycles. The van der Waals surface area contributed by atoms with Crippen LogP contribution in [0.15, 0.2) is 48.5 Å². The number of nitrogens with zero attached hydrogens (tertiary/aromatic N) is 1. The van der Waals surface area contributed by atoms with Gasteiger partial charge in [0.25, 0.3) is 11.8 Å². The first-order valence-corrected chi connectivity index (χ1v) is 9.12. The second-order valence-electron chi connectivity index (χ2n) is 6.99. The number of hydrogen-bond acceptors (Lipinski definition) is 5. The third-order valence-electron chi connectivity index (χ3n) is 4.73. The third-order valence-corrected chi connectivity index (χ3v) is 4.73. The number of imide groups is 1. The molecule has 0 aliphatic carbocycles.